The number of primary amides is 1. The minimum Gasteiger partial charge on any atom is -0.493 e. The second-order valence-electron chi connectivity index (χ2n) is 6.84. The van der Waals surface area contributed by atoms with Crippen molar-refractivity contribution in [3.8, 4) is 5.75 Å². The molecule has 2 atom stereocenters. The topological polar surface area (TPSA) is 97.0 Å². The van der Waals surface area contributed by atoms with E-state index in [-0.39, 0.29) is 24.1 Å². The van der Waals surface area contributed by atoms with E-state index in [1.54, 1.807) is 0 Å². The summed E-state index contributed by atoms with van der Waals surface area (Å²) in [4.78, 5) is 24.8. The first-order valence-corrected chi connectivity index (χ1v) is 9.86. The number of hydrazone groups is 1. The summed E-state index contributed by atoms with van der Waals surface area (Å²) < 4.78 is 19.8. The summed E-state index contributed by atoms with van der Waals surface area (Å²) in [6.45, 7) is 0.484. The number of fused-ring (bicyclic) bond motifs is 1. The van der Waals surface area contributed by atoms with Crippen molar-refractivity contribution in [2.45, 2.75) is 24.9 Å². The number of rotatable bonds is 4. The molecule has 0 aliphatic carbocycles. The minimum atomic E-state index is -0.808. The largest absolute Gasteiger partial charge is 0.493 e. The van der Waals surface area contributed by atoms with Gasteiger partial charge in [-0.3, -0.25) is 14.6 Å². The number of carbonyl (C=O) groups is 2. The lowest BCUT2D eigenvalue weighted by Gasteiger charge is -2.26. The van der Waals surface area contributed by atoms with Crippen molar-refractivity contribution in [2.75, 3.05) is 11.6 Å². The Balaban J connectivity index is 1.56. The molecule has 0 fully saturated rings. The third kappa shape index (κ3) is 3.95. The lowest BCUT2D eigenvalue weighted by atomic mass is 10.00. The molecule has 2 aliphatic heterocycles. The maximum Gasteiger partial charge on any atom is 0.268 e. The summed E-state index contributed by atoms with van der Waals surface area (Å²) in [6.07, 6.45) is 0.691. The van der Waals surface area contributed by atoms with Crippen LogP contribution in [0.3, 0.4) is 0 Å². The Hall–Kier alpha value is -2.94. The van der Waals surface area contributed by atoms with Crippen molar-refractivity contribution in [1.29, 1.82) is 0 Å². The monoisotopic (exact) mass is 460 g/mol. The molecule has 150 valence electrons. The molecular weight excluding hydrogens is 443 g/mol. The van der Waals surface area contributed by atoms with Gasteiger partial charge in [0, 0.05) is 22.9 Å². The van der Waals surface area contributed by atoms with E-state index >= 15 is 0 Å². The van der Waals surface area contributed by atoms with Crippen molar-refractivity contribution in [3.63, 3.8) is 0 Å². The number of carbonyl (C=O) groups excluding carboxylic acids is 2. The van der Waals surface area contributed by atoms with Crippen LogP contribution < -0.4 is 20.8 Å². The van der Waals surface area contributed by atoms with Gasteiger partial charge in [0.1, 0.15) is 23.3 Å². The highest BCUT2D eigenvalue weighted by Crippen LogP contribution is 2.34. The first-order valence-electron chi connectivity index (χ1n) is 9.07. The smallest absolute Gasteiger partial charge is 0.268 e. The van der Waals surface area contributed by atoms with Gasteiger partial charge in [-0.05, 0) is 42.5 Å². The van der Waals surface area contributed by atoms with Crippen molar-refractivity contribution in [2.24, 2.45) is 10.8 Å². The lowest BCUT2D eigenvalue weighted by molar-refractivity contribution is -0.119. The quantitative estimate of drug-likeness (QED) is 0.732. The zero-order chi connectivity index (χ0) is 20.5. The molecule has 2 aromatic rings. The number of nitrogens with one attached hydrogen (secondary N) is 1. The maximum absolute atomic E-state index is 13.2. The summed E-state index contributed by atoms with van der Waals surface area (Å²) in [5.74, 6) is -0.671. The lowest BCUT2D eigenvalue weighted by Crippen LogP contribution is -2.40. The molecule has 3 N–H and O–H groups in total. The third-order valence-corrected chi connectivity index (χ3v) is 5.40. The molecule has 2 unspecified atom stereocenters. The van der Waals surface area contributed by atoms with Crippen molar-refractivity contribution in [3.05, 3.63) is 58.3 Å². The predicted octanol–water partition coefficient (Wildman–Crippen LogP) is 2.65. The third-order valence-electron chi connectivity index (χ3n) is 4.91. The Morgan fingerprint density at radius 3 is 2.72 bits per heavy atom. The molecule has 0 radical (unpaired) electrons. The van der Waals surface area contributed by atoms with Gasteiger partial charge in [-0.1, -0.05) is 15.9 Å². The standard InChI is InChI=1S/C20H18BrFN4O3/c21-11-1-6-18-14(9-11)15(7-8-29-18)24-20(28)16-10-17(19(23)27)26(25-16)13-4-2-12(22)3-5-13/h1-6,9,15,17H,7-8,10H2,(H2,23,27)(H,24,28). The highest BCUT2D eigenvalue weighted by atomic mass is 79.9. The molecule has 0 saturated heterocycles. The highest BCUT2D eigenvalue weighted by Gasteiger charge is 2.36. The van der Waals surface area contributed by atoms with Crippen LogP contribution in [0, 0.1) is 5.82 Å². The van der Waals surface area contributed by atoms with Crippen LogP contribution in [-0.2, 0) is 9.59 Å². The number of hydrogen-bond donors (Lipinski definition) is 2. The SMILES string of the molecule is NC(=O)C1CC(C(=O)NC2CCOc3ccc(Br)cc32)=NN1c1ccc(F)cc1. The molecule has 2 heterocycles. The average Bonchev–Trinajstić information content (AvgIpc) is 3.15. The number of ether oxygens (including phenoxy) is 1. The zero-order valence-electron chi connectivity index (χ0n) is 15.3. The van der Waals surface area contributed by atoms with Gasteiger partial charge in [0.05, 0.1) is 18.3 Å². The van der Waals surface area contributed by atoms with Gasteiger partial charge in [0.2, 0.25) is 5.91 Å². The van der Waals surface area contributed by atoms with E-state index in [4.69, 9.17) is 10.5 Å². The average molecular weight is 461 g/mol. The van der Waals surface area contributed by atoms with E-state index in [9.17, 15) is 14.0 Å². The summed E-state index contributed by atoms with van der Waals surface area (Å²) >= 11 is 3.44. The van der Waals surface area contributed by atoms with E-state index in [1.165, 1.54) is 29.3 Å². The van der Waals surface area contributed by atoms with Gasteiger partial charge >= 0.3 is 0 Å². The maximum atomic E-state index is 13.2. The number of amides is 2. The van der Waals surface area contributed by atoms with Gasteiger partial charge in [-0.15, -0.1) is 0 Å². The molecule has 4 rings (SSSR count). The molecule has 0 aromatic heterocycles. The molecule has 2 amide bonds. The highest BCUT2D eigenvalue weighted by molar-refractivity contribution is 9.10. The first-order chi connectivity index (χ1) is 13.9. The summed E-state index contributed by atoms with van der Waals surface area (Å²) in [7, 11) is 0. The summed E-state index contributed by atoms with van der Waals surface area (Å²) in [6, 6.07) is 10.1. The number of hydrogen-bond acceptors (Lipinski definition) is 5. The van der Waals surface area contributed by atoms with Gasteiger partial charge in [-0.2, -0.15) is 5.10 Å². The molecule has 9 heteroatoms. The van der Waals surface area contributed by atoms with Crippen LogP contribution in [0.25, 0.3) is 0 Å². The normalized spacial score (nSPS) is 20.5. The number of nitrogens with two attached hydrogens (primary N) is 1. The number of halogens is 2. The van der Waals surface area contributed by atoms with Crippen molar-refractivity contribution < 1.29 is 18.7 Å². The van der Waals surface area contributed by atoms with Gasteiger partial charge in [0.15, 0.2) is 0 Å². The van der Waals surface area contributed by atoms with Gasteiger partial charge in [0.25, 0.3) is 5.91 Å². The van der Waals surface area contributed by atoms with Crippen LogP contribution in [0.2, 0.25) is 0 Å². The molecule has 0 bridgehead atoms. The Labute approximate surface area is 174 Å². The molecule has 2 aromatic carbocycles. The Morgan fingerprint density at radius 2 is 2.00 bits per heavy atom. The molecular formula is C20H18BrFN4O3. The van der Waals surface area contributed by atoms with Crippen LogP contribution in [0.15, 0.2) is 52.0 Å². The molecule has 29 heavy (non-hydrogen) atoms. The van der Waals surface area contributed by atoms with Crippen molar-refractivity contribution >= 4 is 39.1 Å². The summed E-state index contributed by atoms with van der Waals surface area (Å²) in [5, 5.41) is 8.65. The van der Waals surface area contributed by atoms with E-state index in [2.05, 4.69) is 26.3 Å². The van der Waals surface area contributed by atoms with Crippen LogP contribution in [0.4, 0.5) is 10.1 Å². The molecule has 0 saturated carbocycles. The molecule has 0 spiro atoms. The summed E-state index contributed by atoms with van der Waals surface area (Å²) in [5.41, 5.74) is 7.05. The predicted molar refractivity (Wildman–Crippen MR) is 109 cm³/mol. The van der Waals surface area contributed by atoms with Crippen LogP contribution in [0.1, 0.15) is 24.4 Å². The Morgan fingerprint density at radius 1 is 1.24 bits per heavy atom. The fourth-order valence-electron chi connectivity index (χ4n) is 3.46. The minimum absolute atomic E-state index is 0.0765. The van der Waals surface area contributed by atoms with Gasteiger partial charge < -0.3 is 15.8 Å². The Bertz CT molecular complexity index is 996. The first kappa shape index (κ1) is 19.4. The molecule has 7 nitrogen and oxygen atoms in total. The Kier molecular flexibility index (Phi) is 5.23. The van der Waals surface area contributed by atoms with E-state index < -0.39 is 17.8 Å². The van der Waals surface area contributed by atoms with Crippen molar-refractivity contribution in [1.82, 2.24) is 5.32 Å². The number of anilines is 1. The van der Waals surface area contributed by atoms with Crippen LogP contribution >= 0.6 is 15.9 Å². The second kappa shape index (κ2) is 7.82. The number of nitrogens with zero attached hydrogens (tertiary/aromatic N) is 2. The van der Waals surface area contributed by atoms with E-state index in [0.29, 0.717) is 18.7 Å². The number of benzene rings is 2. The molecule has 2 aliphatic rings. The van der Waals surface area contributed by atoms with E-state index in [1.807, 2.05) is 18.2 Å². The fourth-order valence-corrected chi connectivity index (χ4v) is 3.84. The van der Waals surface area contributed by atoms with Crippen LogP contribution in [-0.4, -0.2) is 30.2 Å². The van der Waals surface area contributed by atoms with Crippen LogP contribution in [0.5, 0.6) is 5.75 Å². The second-order valence-corrected chi connectivity index (χ2v) is 7.75. The van der Waals surface area contributed by atoms with E-state index in [0.717, 1.165) is 15.8 Å². The zero-order valence-corrected chi connectivity index (χ0v) is 16.9. The van der Waals surface area contributed by atoms with Gasteiger partial charge in [-0.25, -0.2) is 4.39 Å². The fraction of sp³-hybridized carbons (Fsp3) is 0.250.